The Morgan fingerprint density at radius 3 is 1.36 bits per heavy atom. The Kier molecular flexibility index (Phi) is 11.7. The van der Waals surface area contributed by atoms with E-state index in [-0.39, 0.29) is 11.1 Å². The molecule has 4 atom stereocenters. The monoisotopic (exact) mass is 766 g/mol. The van der Waals surface area contributed by atoms with Crippen molar-refractivity contribution in [3.8, 4) is 0 Å². The number of rotatable bonds is 6. The van der Waals surface area contributed by atoms with Crippen molar-refractivity contribution in [2.75, 3.05) is 10.6 Å². The van der Waals surface area contributed by atoms with Gasteiger partial charge >= 0.3 is 11.9 Å². The van der Waals surface area contributed by atoms with E-state index in [4.69, 9.17) is 33.4 Å². The molecular formula is C34H24Cl2F4N2O6S2. The van der Waals surface area contributed by atoms with Gasteiger partial charge in [-0.15, -0.1) is 23.5 Å². The van der Waals surface area contributed by atoms with Gasteiger partial charge in [-0.2, -0.15) is 0 Å². The molecule has 260 valence electrons. The van der Waals surface area contributed by atoms with Crippen molar-refractivity contribution in [3.05, 3.63) is 128 Å². The van der Waals surface area contributed by atoms with Crippen LogP contribution in [0, 0.1) is 23.3 Å². The first-order valence-corrected chi connectivity index (χ1v) is 17.2. The zero-order valence-electron chi connectivity index (χ0n) is 25.3. The fourth-order valence-corrected chi connectivity index (χ4v) is 8.48. The van der Waals surface area contributed by atoms with Crippen molar-refractivity contribution in [1.82, 2.24) is 0 Å². The molecule has 0 aromatic heterocycles. The Labute approximate surface area is 300 Å². The van der Waals surface area contributed by atoms with Crippen molar-refractivity contribution in [2.24, 2.45) is 0 Å². The molecule has 8 nitrogen and oxygen atoms in total. The third-order valence-electron chi connectivity index (χ3n) is 7.54. The van der Waals surface area contributed by atoms with Crippen LogP contribution in [0.4, 0.5) is 28.9 Å². The van der Waals surface area contributed by atoms with E-state index in [1.807, 2.05) is 0 Å². The predicted octanol–water partition coefficient (Wildman–Crippen LogP) is 8.47. The summed E-state index contributed by atoms with van der Waals surface area (Å²) in [5, 5.41) is 20.6. The second-order valence-corrected chi connectivity index (χ2v) is 14.4. The van der Waals surface area contributed by atoms with E-state index in [9.17, 15) is 36.7 Å². The lowest BCUT2D eigenvalue weighted by Crippen LogP contribution is -2.26. The summed E-state index contributed by atoms with van der Waals surface area (Å²) in [6.07, 6.45) is -0.878. The van der Waals surface area contributed by atoms with Gasteiger partial charge in [-0.05, 0) is 59.7 Å². The second kappa shape index (κ2) is 15.8. The summed E-state index contributed by atoms with van der Waals surface area (Å²) in [4.78, 5) is 46.8. The molecule has 0 fully saturated rings. The average Bonchev–Trinajstić information content (AvgIpc) is 3.27. The minimum atomic E-state index is -1.16. The van der Waals surface area contributed by atoms with Crippen LogP contribution in [0.3, 0.4) is 0 Å². The van der Waals surface area contributed by atoms with E-state index in [1.165, 1.54) is 24.3 Å². The van der Waals surface area contributed by atoms with Gasteiger partial charge in [0, 0.05) is 32.5 Å². The Bertz CT molecular complexity index is 1860. The number of hydrogen-bond donors (Lipinski definition) is 4. The predicted molar refractivity (Wildman–Crippen MR) is 184 cm³/mol. The summed E-state index contributed by atoms with van der Waals surface area (Å²) in [5.41, 5.74) is 1.82. The van der Waals surface area contributed by atoms with Crippen molar-refractivity contribution in [3.63, 3.8) is 0 Å². The topological polar surface area (TPSA) is 133 Å². The van der Waals surface area contributed by atoms with Crippen LogP contribution in [0.25, 0.3) is 0 Å². The number of nitrogens with one attached hydrogen (secondary N) is 2. The summed E-state index contributed by atoms with van der Waals surface area (Å²) in [7, 11) is 0. The van der Waals surface area contributed by atoms with Crippen LogP contribution in [-0.4, -0.2) is 44.5 Å². The molecule has 2 aliphatic rings. The smallest absolute Gasteiger partial charge is 0.305 e. The number of carbonyl (C=O) groups excluding carboxylic acids is 2. The van der Waals surface area contributed by atoms with Crippen molar-refractivity contribution in [1.29, 1.82) is 0 Å². The fraction of sp³-hybridized carbons (Fsp3) is 0.176. The molecule has 2 unspecified atom stereocenters. The summed E-state index contributed by atoms with van der Waals surface area (Å²) in [6, 6.07) is 16.9. The molecule has 0 spiro atoms. The van der Waals surface area contributed by atoms with Gasteiger partial charge in [0.2, 0.25) is 11.8 Å². The Hall–Kier alpha value is -4.24. The number of halogens is 6. The number of anilines is 2. The SMILES string of the molecule is O=C(O)CC1SC(c2cccc(F)c2F)c2cc(Cl)ccc2NC1=O.O=C(O)C[C@@H]1S[C@@H](c2cccc(F)c2F)c2cc(Cl)ccc2NC1=O. The second-order valence-electron chi connectivity index (χ2n) is 10.9. The van der Waals surface area contributed by atoms with Gasteiger partial charge in [0.1, 0.15) is 0 Å². The number of thioether (sulfide) groups is 2. The molecule has 2 heterocycles. The van der Waals surface area contributed by atoms with E-state index in [2.05, 4.69) is 10.6 Å². The van der Waals surface area contributed by atoms with E-state index in [0.717, 1.165) is 35.7 Å². The molecular weight excluding hydrogens is 743 g/mol. The highest BCUT2D eigenvalue weighted by molar-refractivity contribution is 8.01. The summed E-state index contributed by atoms with van der Waals surface area (Å²) < 4.78 is 56.1. The van der Waals surface area contributed by atoms with Crippen molar-refractivity contribution < 1.29 is 47.0 Å². The highest BCUT2D eigenvalue weighted by Gasteiger charge is 2.36. The number of carboxylic acid groups (broad SMARTS) is 2. The van der Waals surface area contributed by atoms with Gasteiger partial charge in [-0.25, -0.2) is 17.6 Å². The minimum Gasteiger partial charge on any atom is -0.481 e. The number of fused-ring (bicyclic) bond motifs is 2. The molecule has 0 aliphatic carbocycles. The molecule has 0 saturated heterocycles. The number of hydrogen-bond acceptors (Lipinski definition) is 6. The van der Waals surface area contributed by atoms with Gasteiger partial charge in [-0.1, -0.05) is 47.5 Å². The van der Waals surface area contributed by atoms with Crippen LogP contribution in [0.5, 0.6) is 0 Å². The van der Waals surface area contributed by atoms with Crippen LogP contribution in [-0.2, 0) is 19.2 Å². The molecule has 2 aliphatic heterocycles. The molecule has 0 radical (unpaired) electrons. The number of aliphatic carboxylic acids is 2. The number of carbonyl (C=O) groups is 4. The highest BCUT2D eigenvalue weighted by Crippen LogP contribution is 2.48. The minimum absolute atomic E-state index is 0.0282. The number of benzene rings is 4. The lowest BCUT2D eigenvalue weighted by Gasteiger charge is -2.20. The van der Waals surface area contributed by atoms with E-state index < -0.39 is 80.9 Å². The highest BCUT2D eigenvalue weighted by atomic mass is 35.5. The molecule has 0 bridgehead atoms. The fourth-order valence-electron chi connectivity index (χ4n) is 5.28. The lowest BCUT2D eigenvalue weighted by atomic mass is 10.0. The first-order chi connectivity index (χ1) is 23.7. The first kappa shape index (κ1) is 37.0. The maximum atomic E-state index is 14.4. The molecule has 6 rings (SSSR count). The molecule has 4 aromatic rings. The zero-order valence-corrected chi connectivity index (χ0v) is 28.4. The zero-order chi connectivity index (χ0) is 36.3. The van der Waals surface area contributed by atoms with Crippen LogP contribution in [0.1, 0.15) is 45.6 Å². The van der Waals surface area contributed by atoms with E-state index in [0.29, 0.717) is 32.5 Å². The van der Waals surface area contributed by atoms with Gasteiger partial charge in [-0.3, -0.25) is 19.2 Å². The Morgan fingerprint density at radius 1 is 0.620 bits per heavy atom. The summed E-state index contributed by atoms with van der Waals surface area (Å²) in [5.74, 6) is -7.42. The Balaban J connectivity index is 0.000000194. The van der Waals surface area contributed by atoms with E-state index >= 15 is 0 Å². The largest absolute Gasteiger partial charge is 0.481 e. The lowest BCUT2D eigenvalue weighted by molar-refractivity contribution is -0.138. The number of amides is 2. The van der Waals surface area contributed by atoms with Crippen LogP contribution in [0.2, 0.25) is 10.0 Å². The van der Waals surface area contributed by atoms with Crippen molar-refractivity contribution in [2.45, 2.75) is 33.8 Å². The molecule has 4 aromatic carbocycles. The average molecular weight is 768 g/mol. The van der Waals surface area contributed by atoms with Crippen LogP contribution >= 0.6 is 46.7 Å². The third kappa shape index (κ3) is 8.37. The van der Waals surface area contributed by atoms with Gasteiger partial charge in [0.15, 0.2) is 23.3 Å². The van der Waals surface area contributed by atoms with E-state index in [1.54, 1.807) is 36.4 Å². The standard InChI is InChI=1S/2C17H12ClF2NO3S/c2*18-8-4-5-12-10(6-8)16(9-2-1-3-11(19)15(9)20)25-13(7-14(22)23)17(24)21-12/h2*1-6,13,16H,7H2,(H,21,24)(H,22,23)/t13-,16-;/m0./s1. The van der Waals surface area contributed by atoms with Crippen LogP contribution < -0.4 is 10.6 Å². The third-order valence-corrected chi connectivity index (χ3v) is 11.0. The maximum Gasteiger partial charge on any atom is 0.305 e. The van der Waals surface area contributed by atoms with Gasteiger partial charge < -0.3 is 20.8 Å². The summed E-state index contributed by atoms with van der Waals surface area (Å²) in [6.45, 7) is 0. The molecule has 0 saturated carbocycles. The number of carboxylic acids is 2. The first-order valence-electron chi connectivity index (χ1n) is 14.6. The van der Waals surface area contributed by atoms with Crippen molar-refractivity contribution >= 4 is 81.9 Å². The maximum absolute atomic E-state index is 14.4. The Morgan fingerprint density at radius 2 is 1.00 bits per heavy atom. The normalized spacial score (nSPS) is 19.7. The molecule has 50 heavy (non-hydrogen) atoms. The van der Waals surface area contributed by atoms with Gasteiger partial charge in [0.25, 0.3) is 0 Å². The van der Waals surface area contributed by atoms with Gasteiger partial charge in [0.05, 0.1) is 33.8 Å². The van der Waals surface area contributed by atoms with Crippen LogP contribution in [0.15, 0.2) is 72.8 Å². The molecule has 2 amide bonds. The molecule has 4 N–H and O–H groups in total. The quantitative estimate of drug-likeness (QED) is 0.144. The molecule has 16 heteroatoms. The summed E-state index contributed by atoms with van der Waals surface area (Å²) >= 11 is 14.0.